The van der Waals surface area contributed by atoms with E-state index in [-0.39, 0.29) is 19.5 Å². The SMILES string of the molecule is CC(=O)N[C@H]([C@@H](O)[C@@H](O)CO)[C@@H]1[C@H](NCN[C@H]2[C@@H]([C@H](NC(C)=O)[C@@H](O)[C@@H](O)CO)[C@H](NC(=N)N)C[C@@H]2C(=O)O)[C@@H](C(=O)O)C[C@H]1NC(=N)N. The van der Waals surface area contributed by atoms with Crippen LogP contribution in [-0.2, 0) is 19.2 Å². The van der Waals surface area contributed by atoms with Gasteiger partial charge in [-0.1, -0.05) is 0 Å². The van der Waals surface area contributed by atoms with Gasteiger partial charge in [-0.15, -0.1) is 0 Å². The molecule has 20 N–H and O–H groups in total. The maximum atomic E-state index is 12.5. The molecule has 22 heteroatoms. The Balaban J connectivity index is 2.58. The highest BCUT2D eigenvalue weighted by molar-refractivity contribution is 5.77. The summed E-state index contributed by atoms with van der Waals surface area (Å²) in [6.45, 7) is -0.00225. The second-order valence-corrected chi connectivity index (χ2v) is 12.4. The lowest BCUT2D eigenvalue weighted by Crippen LogP contribution is -2.63. The molecule has 0 unspecified atom stereocenters. The smallest absolute Gasteiger partial charge is 0.308 e. The maximum Gasteiger partial charge on any atom is 0.308 e. The van der Waals surface area contributed by atoms with Crippen LogP contribution in [0.25, 0.3) is 0 Å². The summed E-state index contributed by atoms with van der Waals surface area (Å²) in [4.78, 5) is 49.3. The van der Waals surface area contributed by atoms with E-state index in [9.17, 15) is 60.0 Å². The van der Waals surface area contributed by atoms with Crippen molar-refractivity contribution in [2.24, 2.45) is 35.1 Å². The minimum absolute atomic E-state index is 0.195. The highest BCUT2D eigenvalue weighted by Gasteiger charge is 2.54. The number of amides is 2. The fraction of sp³-hybridized carbons (Fsp3) is 0.778. The van der Waals surface area contributed by atoms with E-state index in [0.717, 1.165) is 13.8 Å². The van der Waals surface area contributed by atoms with Gasteiger partial charge in [0.05, 0.1) is 37.1 Å². The number of hydrogen-bond donors (Lipinski definition) is 18. The molecule has 22 nitrogen and oxygen atoms in total. The van der Waals surface area contributed by atoms with Gasteiger partial charge in [0.1, 0.15) is 24.4 Å². The lowest BCUT2D eigenvalue weighted by molar-refractivity contribution is -0.143. The van der Waals surface area contributed by atoms with E-state index in [4.69, 9.17) is 22.3 Å². The van der Waals surface area contributed by atoms with Crippen LogP contribution >= 0.6 is 0 Å². The molecule has 0 aromatic heterocycles. The van der Waals surface area contributed by atoms with Crippen LogP contribution in [-0.4, -0.2) is 157 Å². The van der Waals surface area contributed by atoms with Crippen molar-refractivity contribution in [3.63, 3.8) is 0 Å². The minimum Gasteiger partial charge on any atom is -0.481 e. The molecule has 2 fully saturated rings. The second-order valence-electron chi connectivity index (χ2n) is 12.4. The zero-order valence-corrected chi connectivity index (χ0v) is 27.0. The molecular formula is C27H50N10O12. The average Bonchev–Trinajstić information content (AvgIpc) is 3.54. The van der Waals surface area contributed by atoms with Crippen LogP contribution in [0.15, 0.2) is 0 Å². The Bertz CT molecular complexity index is 1110. The first-order valence-corrected chi connectivity index (χ1v) is 15.5. The number of carboxylic acid groups (broad SMARTS) is 2. The molecular weight excluding hydrogens is 656 g/mol. The predicted molar refractivity (Wildman–Crippen MR) is 168 cm³/mol. The Morgan fingerprint density at radius 3 is 1.27 bits per heavy atom. The molecule has 0 radical (unpaired) electrons. The number of guanidine groups is 2. The van der Waals surface area contributed by atoms with E-state index in [1.807, 2.05) is 0 Å². The van der Waals surface area contributed by atoms with E-state index in [0.29, 0.717) is 0 Å². The quantitative estimate of drug-likeness (QED) is 0.0357. The van der Waals surface area contributed by atoms with Crippen LogP contribution < -0.4 is 43.4 Å². The van der Waals surface area contributed by atoms with Gasteiger partial charge in [-0.25, -0.2) is 0 Å². The average molecular weight is 707 g/mol. The number of aliphatic hydroxyl groups is 6. The van der Waals surface area contributed by atoms with E-state index in [2.05, 4.69) is 31.9 Å². The molecule has 0 aromatic rings. The molecule has 0 heterocycles. The van der Waals surface area contributed by atoms with Crippen molar-refractivity contribution in [3.05, 3.63) is 0 Å². The highest BCUT2D eigenvalue weighted by atomic mass is 16.4. The van der Waals surface area contributed by atoms with Crippen LogP contribution in [0.2, 0.25) is 0 Å². The van der Waals surface area contributed by atoms with Crippen molar-refractivity contribution < 1.29 is 60.0 Å². The Labute approximate surface area is 281 Å². The molecule has 0 aromatic carbocycles. The Hall–Kier alpha value is -3.90. The first kappa shape index (κ1) is 41.3. The van der Waals surface area contributed by atoms with Crippen LogP contribution in [0, 0.1) is 34.5 Å². The number of rotatable bonds is 18. The third kappa shape index (κ3) is 10.5. The zero-order valence-electron chi connectivity index (χ0n) is 27.0. The highest BCUT2D eigenvalue weighted by Crippen LogP contribution is 2.38. The van der Waals surface area contributed by atoms with Gasteiger partial charge in [0.25, 0.3) is 0 Å². The lowest BCUT2D eigenvalue weighted by atomic mass is 9.83. The van der Waals surface area contributed by atoms with Crippen molar-refractivity contribution in [1.82, 2.24) is 31.9 Å². The summed E-state index contributed by atoms with van der Waals surface area (Å²) in [5, 5.41) is 113. The number of nitrogens with two attached hydrogens (primary N) is 2. The van der Waals surface area contributed by atoms with Crippen LogP contribution in [0.4, 0.5) is 0 Å². The van der Waals surface area contributed by atoms with Gasteiger partial charge in [0, 0.05) is 56.5 Å². The number of aliphatic hydroxyl groups excluding tert-OH is 6. The fourth-order valence-corrected chi connectivity index (χ4v) is 7.19. The van der Waals surface area contributed by atoms with E-state index in [1.54, 1.807) is 0 Å². The summed E-state index contributed by atoms with van der Waals surface area (Å²) in [5.41, 5.74) is 11.1. The van der Waals surface area contributed by atoms with Crippen LogP contribution in [0.5, 0.6) is 0 Å². The van der Waals surface area contributed by atoms with E-state index in [1.165, 1.54) is 0 Å². The maximum absolute atomic E-state index is 12.5. The largest absolute Gasteiger partial charge is 0.481 e. The Kier molecular flexibility index (Phi) is 15.3. The number of carbonyl (C=O) groups is 4. The van der Waals surface area contributed by atoms with E-state index >= 15 is 0 Å². The topological polar surface area (TPSA) is 402 Å². The number of aliphatic carboxylic acids is 2. The van der Waals surface area contributed by atoms with Gasteiger partial charge >= 0.3 is 11.9 Å². The first-order valence-electron chi connectivity index (χ1n) is 15.5. The molecule has 2 aliphatic carbocycles. The molecule has 280 valence electrons. The molecule has 0 saturated heterocycles. The number of carboxylic acids is 2. The summed E-state index contributed by atoms with van der Waals surface area (Å²) in [6.07, 6.45) is -7.59. The molecule has 49 heavy (non-hydrogen) atoms. The van der Waals surface area contributed by atoms with Crippen molar-refractivity contribution in [2.45, 2.75) is 87.4 Å². The van der Waals surface area contributed by atoms with Crippen LogP contribution in [0.3, 0.4) is 0 Å². The first-order chi connectivity index (χ1) is 22.9. The summed E-state index contributed by atoms with van der Waals surface area (Å²) >= 11 is 0. The number of hydrogen-bond acceptors (Lipinski definition) is 14. The second kappa shape index (κ2) is 18.2. The molecule has 2 aliphatic rings. The van der Waals surface area contributed by atoms with Gasteiger partial charge in [-0.05, 0) is 12.8 Å². The van der Waals surface area contributed by atoms with Gasteiger partial charge < -0.3 is 84.2 Å². The molecule has 14 atom stereocenters. The molecule has 0 aliphatic heterocycles. The molecule has 2 rings (SSSR count). The molecule has 0 bridgehead atoms. The fourth-order valence-electron chi connectivity index (χ4n) is 7.19. The number of carbonyl (C=O) groups excluding carboxylic acids is 2. The summed E-state index contributed by atoms with van der Waals surface area (Å²) in [6, 6.07) is -7.14. The normalized spacial score (nSPS) is 30.2. The number of nitrogens with one attached hydrogen (secondary N) is 8. The monoisotopic (exact) mass is 706 g/mol. The minimum atomic E-state index is -1.83. The van der Waals surface area contributed by atoms with Gasteiger partial charge in [-0.3, -0.25) is 30.0 Å². The van der Waals surface area contributed by atoms with Gasteiger partial charge in [0.15, 0.2) is 11.9 Å². The lowest BCUT2D eigenvalue weighted by Gasteiger charge is -2.39. The summed E-state index contributed by atoms with van der Waals surface area (Å²) in [7, 11) is 0. The van der Waals surface area contributed by atoms with Gasteiger partial charge in [-0.2, -0.15) is 0 Å². The predicted octanol–water partition coefficient (Wildman–Crippen LogP) is -7.56. The third-order valence-corrected chi connectivity index (χ3v) is 9.10. The molecule has 2 saturated carbocycles. The van der Waals surface area contributed by atoms with Crippen molar-refractivity contribution >= 4 is 35.7 Å². The Morgan fingerprint density at radius 1 is 0.694 bits per heavy atom. The zero-order chi connectivity index (χ0) is 37.3. The third-order valence-electron chi connectivity index (χ3n) is 9.10. The molecule has 2 amide bonds. The van der Waals surface area contributed by atoms with Crippen molar-refractivity contribution in [2.75, 3.05) is 19.9 Å². The van der Waals surface area contributed by atoms with Crippen LogP contribution in [0.1, 0.15) is 26.7 Å². The van der Waals surface area contributed by atoms with Crippen molar-refractivity contribution in [3.8, 4) is 0 Å². The standard InChI is InChI=1S/C27H50N10O12/c1-8(40)34-20(22(44)14(42)5-38)16-12(36-26(28)29)3-10(24(46)47)18(16)32-7-33-19-11(25(48)49)4-13(37-27(30)31)17(19)21(35-9(2)41)23(45)15(43)6-39/h10-23,32-33,38-39,42-45H,3-7H2,1-2H3,(H,34,40)(H,35,41)(H,46,47)(H,48,49)(H4,28,29,36)(H4,30,31,37)/t10-,11-,12+,13+,14-,15-,16-,17-,18+,19+,20-,21-,22-,23-/m0/s1. The molecule has 0 spiro atoms. The van der Waals surface area contributed by atoms with Crippen molar-refractivity contribution in [1.29, 1.82) is 10.8 Å². The Morgan fingerprint density at radius 2 is 1.02 bits per heavy atom. The van der Waals surface area contributed by atoms with E-state index < -0.39 is 133 Å². The summed E-state index contributed by atoms with van der Waals surface area (Å²) < 4.78 is 0. The summed E-state index contributed by atoms with van der Waals surface area (Å²) in [5.74, 6) is -9.92. The van der Waals surface area contributed by atoms with Gasteiger partial charge in [0.2, 0.25) is 11.8 Å².